The van der Waals surface area contributed by atoms with Crippen LogP contribution >= 0.6 is 0 Å². The Balaban J connectivity index is 2.71. The van der Waals surface area contributed by atoms with E-state index in [9.17, 15) is 4.79 Å². The molecule has 0 saturated carbocycles. The van der Waals surface area contributed by atoms with Crippen LogP contribution in [0.1, 0.15) is 5.56 Å². The predicted octanol–water partition coefficient (Wildman–Crippen LogP) is 2.93. The molecular weight excluding hydrogens is 254 g/mol. The second-order valence-electron chi connectivity index (χ2n) is 4.06. The van der Waals surface area contributed by atoms with E-state index in [1.165, 1.54) is 13.2 Å². The molecule has 2 aromatic rings. The zero-order chi connectivity index (χ0) is 14.5. The Morgan fingerprint density at radius 3 is 2.60 bits per heavy atom. The van der Waals surface area contributed by atoms with E-state index in [1.54, 1.807) is 13.2 Å². The van der Waals surface area contributed by atoms with Gasteiger partial charge in [-0.2, -0.15) is 5.26 Å². The van der Waals surface area contributed by atoms with Gasteiger partial charge < -0.3 is 9.47 Å². The summed E-state index contributed by atoms with van der Waals surface area (Å²) in [5, 5.41) is 11.0. The van der Waals surface area contributed by atoms with Crippen LogP contribution in [-0.2, 0) is 9.53 Å². The van der Waals surface area contributed by atoms with Crippen LogP contribution in [0.5, 0.6) is 5.75 Å². The number of methoxy groups -OCH3 is 2. The van der Waals surface area contributed by atoms with Crippen molar-refractivity contribution in [3.05, 3.63) is 47.5 Å². The van der Waals surface area contributed by atoms with Crippen molar-refractivity contribution in [1.82, 2.24) is 0 Å². The van der Waals surface area contributed by atoms with E-state index in [0.29, 0.717) is 11.3 Å². The molecule has 0 aliphatic rings. The highest BCUT2D eigenvalue weighted by molar-refractivity contribution is 6.02. The van der Waals surface area contributed by atoms with E-state index in [2.05, 4.69) is 4.74 Å². The standard InChI is InChI=1S/C16H13NO3/c1-19-15-8-7-11-5-3-4-6-13(11)14(15)9-12(10-17)16(18)20-2/h3-9H,1-2H3/b12-9-. The molecule has 2 rings (SSSR count). The van der Waals surface area contributed by atoms with Crippen LogP contribution in [-0.4, -0.2) is 20.2 Å². The molecule has 0 bridgehead atoms. The summed E-state index contributed by atoms with van der Waals surface area (Å²) in [6.45, 7) is 0. The molecule has 0 atom stereocenters. The van der Waals surface area contributed by atoms with Crippen molar-refractivity contribution in [2.75, 3.05) is 14.2 Å². The van der Waals surface area contributed by atoms with E-state index < -0.39 is 5.97 Å². The van der Waals surface area contributed by atoms with Crippen LogP contribution in [0.3, 0.4) is 0 Å². The number of fused-ring (bicyclic) bond motifs is 1. The highest BCUT2D eigenvalue weighted by atomic mass is 16.5. The first-order chi connectivity index (χ1) is 9.71. The van der Waals surface area contributed by atoms with E-state index in [1.807, 2.05) is 36.4 Å². The van der Waals surface area contributed by atoms with Gasteiger partial charge in [0.05, 0.1) is 14.2 Å². The minimum atomic E-state index is -0.664. The Morgan fingerprint density at radius 1 is 1.20 bits per heavy atom. The third kappa shape index (κ3) is 2.47. The summed E-state index contributed by atoms with van der Waals surface area (Å²) in [7, 11) is 2.79. The van der Waals surface area contributed by atoms with Crippen LogP contribution in [0, 0.1) is 11.3 Å². The molecule has 0 saturated heterocycles. The van der Waals surface area contributed by atoms with E-state index >= 15 is 0 Å². The molecular formula is C16H13NO3. The summed E-state index contributed by atoms with van der Waals surface area (Å²) in [5.74, 6) is -0.0668. The van der Waals surface area contributed by atoms with Crippen molar-refractivity contribution < 1.29 is 14.3 Å². The first kappa shape index (κ1) is 13.6. The van der Waals surface area contributed by atoms with Gasteiger partial charge in [0.1, 0.15) is 17.4 Å². The lowest BCUT2D eigenvalue weighted by Gasteiger charge is -2.09. The molecule has 0 unspecified atom stereocenters. The highest BCUT2D eigenvalue weighted by Gasteiger charge is 2.12. The average molecular weight is 267 g/mol. The van der Waals surface area contributed by atoms with Gasteiger partial charge in [-0.05, 0) is 22.9 Å². The van der Waals surface area contributed by atoms with Crippen LogP contribution in [0.2, 0.25) is 0 Å². The number of carbonyl (C=O) groups is 1. The first-order valence-electron chi connectivity index (χ1n) is 5.97. The second-order valence-corrected chi connectivity index (χ2v) is 4.06. The lowest BCUT2D eigenvalue weighted by molar-refractivity contribution is -0.135. The summed E-state index contributed by atoms with van der Waals surface area (Å²) in [5.41, 5.74) is 0.620. The Kier molecular flexibility index (Phi) is 4.02. The fourth-order valence-corrected chi connectivity index (χ4v) is 1.99. The number of rotatable bonds is 3. The Hall–Kier alpha value is -2.80. The molecule has 0 heterocycles. The molecule has 0 amide bonds. The minimum absolute atomic E-state index is 0.0675. The molecule has 0 radical (unpaired) electrons. The fourth-order valence-electron chi connectivity index (χ4n) is 1.99. The Bertz CT molecular complexity index is 726. The van der Waals surface area contributed by atoms with Gasteiger partial charge in [0.2, 0.25) is 0 Å². The number of benzene rings is 2. The summed E-state index contributed by atoms with van der Waals surface area (Å²) in [6, 6.07) is 13.3. The molecule has 0 aromatic heterocycles. The van der Waals surface area contributed by atoms with Gasteiger partial charge in [0.15, 0.2) is 0 Å². The van der Waals surface area contributed by atoms with Gasteiger partial charge in [0.25, 0.3) is 0 Å². The van der Waals surface area contributed by atoms with Crippen LogP contribution in [0.4, 0.5) is 0 Å². The number of nitrogens with zero attached hydrogens (tertiary/aromatic N) is 1. The van der Waals surface area contributed by atoms with E-state index in [0.717, 1.165) is 10.8 Å². The second kappa shape index (κ2) is 5.89. The smallest absolute Gasteiger partial charge is 0.348 e. The normalized spacial score (nSPS) is 10.9. The third-order valence-electron chi connectivity index (χ3n) is 2.97. The van der Waals surface area contributed by atoms with Crippen molar-refractivity contribution in [2.45, 2.75) is 0 Å². The van der Waals surface area contributed by atoms with Crippen molar-refractivity contribution in [2.24, 2.45) is 0 Å². The third-order valence-corrected chi connectivity index (χ3v) is 2.97. The van der Waals surface area contributed by atoms with Crippen molar-refractivity contribution in [3.63, 3.8) is 0 Å². The van der Waals surface area contributed by atoms with Crippen molar-refractivity contribution in [1.29, 1.82) is 5.26 Å². The van der Waals surface area contributed by atoms with Crippen LogP contribution in [0.25, 0.3) is 16.8 Å². The topological polar surface area (TPSA) is 59.3 Å². The van der Waals surface area contributed by atoms with E-state index in [-0.39, 0.29) is 5.57 Å². The maximum absolute atomic E-state index is 11.5. The molecule has 4 heteroatoms. The monoisotopic (exact) mass is 267 g/mol. The minimum Gasteiger partial charge on any atom is -0.496 e. The maximum Gasteiger partial charge on any atom is 0.348 e. The molecule has 4 nitrogen and oxygen atoms in total. The van der Waals surface area contributed by atoms with Gasteiger partial charge in [-0.15, -0.1) is 0 Å². The number of nitriles is 1. The van der Waals surface area contributed by atoms with Gasteiger partial charge in [0, 0.05) is 5.56 Å². The first-order valence-corrected chi connectivity index (χ1v) is 5.97. The number of hydrogen-bond acceptors (Lipinski definition) is 4. The summed E-state index contributed by atoms with van der Waals surface area (Å²) in [4.78, 5) is 11.5. The van der Waals surface area contributed by atoms with Crippen LogP contribution in [0.15, 0.2) is 42.0 Å². The van der Waals surface area contributed by atoms with Gasteiger partial charge in [-0.25, -0.2) is 4.79 Å². The number of esters is 1. The lowest BCUT2D eigenvalue weighted by Crippen LogP contribution is -2.03. The Morgan fingerprint density at radius 2 is 1.95 bits per heavy atom. The summed E-state index contributed by atoms with van der Waals surface area (Å²) >= 11 is 0. The summed E-state index contributed by atoms with van der Waals surface area (Å²) in [6.07, 6.45) is 1.49. The molecule has 20 heavy (non-hydrogen) atoms. The molecule has 0 aliphatic heterocycles. The molecule has 0 N–H and O–H groups in total. The predicted molar refractivity (Wildman–Crippen MR) is 76.1 cm³/mol. The molecule has 0 fully saturated rings. The SMILES string of the molecule is COC(=O)/C(C#N)=C\c1c(OC)ccc2ccccc12. The quantitative estimate of drug-likeness (QED) is 0.487. The molecule has 0 spiro atoms. The van der Waals surface area contributed by atoms with Crippen molar-refractivity contribution >= 4 is 22.8 Å². The fraction of sp³-hybridized carbons (Fsp3) is 0.125. The lowest BCUT2D eigenvalue weighted by atomic mass is 10.0. The molecule has 100 valence electrons. The maximum atomic E-state index is 11.5. The van der Waals surface area contributed by atoms with E-state index in [4.69, 9.17) is 10.00 Å². The largest absolute Gasteiger partial charge is 0.496 e. The Labute approximate surface area is 116 Å². The highest BCUT2D eigenvalue weighted by Crippen LogP contribution is 2.30. The zero-order valence-corrected chi connectivity index (χ0v) is 11.2. The van der Waals surface area contributed by atoms with Gasteiger partial charge in [-0.3, -0.25) is 0 Å². The summed E-state index contributed by atoms with van der Waals surface area (Å²) < 4.78 is 9.90. The number of ether oxygens (including phenoxy) is 2. The van der Waals surface area contributed by atoms with Gasteiger partial charge in [-0.1, -0.05) is 30.3 Å². The number of carbonyl (C=O) groups excluding carboxylic acids is 1. The van der Waals surface area contributed by atoms with Crippen molar-refractivity contribution in [3.8, 4) is 11.8 Å². The molecule has 0 aliphatic carbocycles. The van der Waals surface area contributed by atoms with Crippen LogP contribution < -0.4 is 4.74 Å². The average Bonchev–Trinajstić information content (AvgIpc) is 2.51. The van der Waals surface area contributed by atoms with Gasteiger partial charge >= 0.3 is 5.97 Å². The number of hydrogen-bond donors (Lipinski definition) is 0. The zero-order valence-electron chi connectivity index (χ0n) is 11.2. The molecule has 2 aromatic carbocycles.